The minimum absolute atomic E-state index is 1.11. The van der Waals surface area contributed by atoms with Crippen LogP contribution >= 0.6 is 16.5 Å². The maximum atomic E-state index is 8.70. The molecule has 0 aliphatic rings. The molecule has 0 saturated carbocycles. The zero-order chi connectivity index (χ0) is 14.6. The van der Waals surface area contributed by atoms with E-state index in [-0.39, 0.29) is 0 Å². The van der Waals surface area contributed by atoms with Crippen molar-refractivity contribution in [3.63, 3.8) is 0 Å². The second-order valence-electron chi connectivity index (χ2n) is 2.80. The Hall–Kier alpha value is -1.00. The fraction of sp³-hybridized carbons (Fsp3) is 0.200. The van der Waals surface area contributed by atoms with Crippen LogP contribution in [0.2, 0.25) is 0 Å². The fourth-order valence-corrected chi connectivity index (χ4v) is 0.889. The summed E-state index contributed by atoms with van der Waals surface area (Å²) in [6, 6.07) is 8.45. The summed E-state index contributed by atoms with van der Waals surface area (Å²) in [5.74, 6) is 0. The van der Waals surface area contributed by atoms with Gasteiger partial charge in [-0.05, 0) is 17.5 Å². The van der Waals surface area contributed by atoms with Gasteiger partial charge in [-0.15, -0.1) is 19.6 Å². The van der Waals surface area contributed by atoms with E-state index < -0.39 is 16.5 Å². The molecule has 100 valence electrons. The topological polar surface area (TPSA) is 115 Å². The Morgan fingerprint density at radius 1 is 1.06 bits per heavy atom. The van der Waals surface area contributed by atoms with Crippen LogP contribution in [0.25, 0.3) is 6.08 Å². The first-order valence-corrected chi connectivity index (χ1v) is 7.07. The van der Waals surface area contributed by atoms with Crippen molar-refractivity contribution in [1.82, 2.24) is 0 Å². The lowest BCUT2D eigenvalue weighted by molar-refractivity contribution is 0.403. The van der Waals surface area contributed by atoms with Gasteiger partial charge in [0.15, 0.2) is 0 Å². The quantitative estimate of drug-likeness (QED) is 0.621. The molecule has 0 bridgehead atoms. The summed E-state index contributed by atoms with van der Waals surface area (Å²) >= 11 is 0. The van der Waals surface area contributed by atoms with Gasteiger partial charge in [0.2, 0.25) is 0 Å². The average molecular weight is 294 g/mol. The normalized spacial score (nSPS) is 8.06. The van der Waals surface area contributed by atoms with Crippen LogP contribution in [0.15, 0.2) is 30.8 Å². The summed E-state index contributed by atoms with van der Waals surface area (Å²) < 4.78 is 17.4. The van der Waals surface area contributed by atoms with E-state index in [0.29, 0.717) is 0 Å². The molecule has 1 aromatic rings. The van der Waals surface area contributed by atoms with Crippen LogP contribution in [0.4, 0.5) is 0 Å². The highest BCUT2D eigenvalue weighted by atomic mass is 31.1. The second kappa shape index (κ2) is 12.5. The van der Waals surface area contributed by atoms with Crippen molar-refractivity contribution in [3.05, 3.63) is 42.0 Å². The SMILES string of the molecule is C=Cc1ccc(CC)cc1.O=[P+](O)O.O=[P+](O)O. The summed E-state index contributed by atoms with van der Waals surface area (Å²) in [6.45, 7) is 5.84. The molecule has 8 heteroatoms. The molecule has 0 amide bonds. The van der Waals surface area contributed by atoms with E-state index in [1.165, 1.54) is 11.1 Å². The zero-order valence-corrected chi connectivity index (χ0v) is 11.6. The van der Waals surface area contributed by atoms with Crippen molar-refractivity contribution in [1.29, 1.82) is 0 Å². The van der Waals surface area contributed by atoms with Gasteiger partial charge in [-0.2, -0.15) is 0 Å². The molecule has 18 heavy (non-hydrogen) atoms. The van der Waals surface area contributed by atoms with Crippen LogP contribution in [-0.4, -0.2) is 19.6 Å². The summed E-state index contributed by atoms with van der Waals surface area (Å²) in [5, 5.41) is 0. The van der Waals surface area contributed by atoms with Gasteiger partial charge in [0.25, 0.3) is 0 Å². The van der Waals surface area contributed by atoms with E-state index in [9.17, 15) is 0 Å². The van der Waals surface area contributed by atoms with Crippen molar-refractivity contribution < 1.29 is 28.7 Å². The van der Waals surface area contributed by atoms with Crippen molar-refractivity contribution in [2.45, 2.75) is 13.3 Å². The first-order valence-electron chi connectivity index (χ1n) is 4.74. The predicted octanol–water partition coefficient (Wildman–Crippen LogP) is 2.15. The van der Waals surface area contributed by atoms with Crippen LogP contribution in [0.1, 0.15) is 18.1 Å². The highest BCUT2D eigenvalue weighted by Gasteiger charge is 1.93. The molecule has 0 fully saturated rings. The molecule has 0 spiro atoms. The number of aryl methyl sites for hydroxylation is 1. The van der Waals surface area contributed by atoms with Gasteiger partial charge in [-0.25, -0.2) is 0 Å². The first-order chi connectivity index (χ1) is 8.33. The highest BCUT2D eigenvalue weighted by Crippen LogP contribution is 2.05. The molecule has 0 unspecified atom stereocenters. The predicted molar refractivity (Wildman–Crippen MR) is 70.0 cm³/mol. The van der Waals surface area contributed by atoms with Crippen LogP contribution in [0, 0.1) is 0 Å². The Labute approximate surface area is 107 Å². The highest BCUT2D eigenvalue weighted by molar-refractivity contribution is 7.31. The second-order valence-corrected chi connectivity index (χ2v) is 3.82. The maximum absolute atomic E-state index is 8.70. The fourth-order valence-electron chi connectivity index (χ4n) is 0.889. The average Bonchev–Trinajstić information content (AvgIpc) is 2.28. The van der Waals surface area contributed by atoms with Crippen LogP contribution < -0.4 is 0 Å². The van der Waals surface area contributed by atoms with Gasteiger partial charge in [-0.1, -0.05) is 43.8 Å². The van der Waals surface area contributed by atoms with E-state index in [4.69, 9.17) is 28.7 Å². The van der Waals surface area contributed by atoms with Crippen LogP contribution in [0.5, 0.6) is 0 Å². The molecule has 0 heterocycles. The van der Waals surface area contributed by atoms with Gasteiger partial charge in [-0.3, -0.25) is 0 Å². The number of hydrogen-bond donors (Lipinski definition) is 4. The van der Waals surface area contributed by atoms with Gasteiger partial charge in [0, 0.05) is 9.13 Å². The number of hydrogen-bond acceptors (Lipinski definition) is 2. The van der Waals surface area contributed by atoms with E-state index in [0.717, 1.165) is 6.42 Å². The lowest BCUT2D eigenvalue weighted by Crippen LogP contribution is -1.78. The molecule has 0 atom stereocenters. The van der Waals surface area contributed by atoms with Gasteiger partial charge >= 0.3 is 16.5 Å². The molecular formula is C10H16O6P2+2. The van der Waals surface area contributed by atoms with Gasteiger partial charge < -0.3 is 0 Å². The Morgan fingerprint density at radius 2 is 1.39 bits per heavy atom. The molecule has 0 aliphatic carbocycles. The summed E-state index contributed by atoms with van der Waals surface area (Å²) in [5.41, 5.74) is 2.57. The molecule has 1 aromatic carbocycles. The molecule has 4 N–H and O–H groups in total. The third-order valence-corrected chi connectivity index (χ3v) is 1.62. The number of benzene rings is 1. The lowest BCUT2D eigenvalue weighted by Gasteiger charge is -1.95. The number of rotatable bonds is 2. The van der Waals surface area contributed by atoms with E-state index >= 15 is 0 Å². The summed E-state index contributed by atoms with van der Waals surface area (Å²) in [6.07, 6.45) is 2.97. The van der Waals surface area contributed by atoms with Crippen LogP contribution in [0.3, 0.4) is 0 Å². The summed E-state index contributed by atoms with van der Waals surface area (Å²) in [4.78, 5) is 28.5. The first kappa shape index (κ1) is 19.3. The Balaban J connectivity index is 0. The molecule has 0 aliphatic heterocycles. The molecule has 6 nitrogen and oxygen atoms in total. The van der Waals surface area contributed by atoms with Crippen molar-refractivity contribution in [2.24, 2.45) is 0 Å². The Morgan fingerprint density at radius 3 is 1.61 bits per heavy atom. The molecule has 1 rings (SSSR count). The van der Waals surface area contributed by atoms with E-state index in [1.807, 2.05) is 6.08 Å². The van der Waals surface area contributed by atoms with Gasteiger partial charge in [0.1, 0.15) is 0 Å². The Bertz CT molecular complexity index is 356. The van der Waals surface area contributed by atoms with E-state index in [1.54, 1.807) is 0 Å². The lowest BCUT2D eigenvalue weighted by atomic mass is 10.1. The largest absolute Gasteiger partial charge is 0.692 e. The van der Waals surface area contributed by atoms with Crippen molar-refractivity contribution in [2.75, 3.05) is 0 Å². The minimum Gasteiger partial charge on any atom is -0.134 e. The molecule has 0 radical (unpaired) electrons. The zero-order valence-electron chi connectivity index (χ0n) is 9.80. The monoisotopic (exact) mass is 294 g/mol. The van der Waals surface area contributed by atoms with Crippen molar-refractivity contribution in [3.8, 4) is 0 Å². The molecule has 0 saturated heterocycles. The van der Waals surface area contributed by atoms with Crippen molar-refractivity contribution >= 4 is 22.6 Å². The summed E-state index contributed by atoms with van der Waals surface area (Å²) in [7, 11) is -5.74. The Kier molecular flexibility index (Phi) is 13.4. The van der Waals surface area contributed by atoms with Crippen LogP contribution in [-0.2, 0) is 15.6 Å². The van der Waals surface area contributed by atoms with Gasteiger partial charge in [0.05, 0.1) is 0 Å². The smallest absolute Gasteiger partial charge is 0.134 e. The third kappa shape index (κ3) is 17.4. The third-order valence-electron chi connectivity index (χ3n) is 1.62. The molecule has 0 aromatic heterocycles. The van der Waals surface area contributed by atoms with E-state index in [2.05, 4.69) is 37.8 Å². The minimum atomic E-state index is -2.87. The molecular weight excluding hydrogens is 278 g/mol. The maximum Gasteiger partial charge on any atom is 0.692 e. The standard InChI is InChI=1S/C10H12.2HO3P/c1-3-9-5-7-10(4-2)8-6-9;2*1-4(2)3/h3,5-8H,1,4H2,2H3;2*(H-,1,2,3)/p+2.